The van der Waals surface area contributed by atoms with Gasteiger partial charge in [-0.1, -0.05) is 17.7 Å². The molecule has 0 saturated heterocycles. The number of esters is 1. The van der Waals surface area contributed by atoms with Crippen molar-refractivity contribution >= 4 is 40.9 Å². The van der Waals surface area contributed by atoms with Crippen LogP contribution >= 0.6 is 23.4 Å². The number of benzene rings is 2. The fraction of sp³-hybridized carbons (Fsp3) is 0.125. The molecule has 126 valence electrons. The normalized spacial score (nSPS) is 10.3. The Hall–Kier alpha value is -2.12. The zero-order valence-electron chi connectivity index (χ0n) is 12.2. The molecule has 24 heavy (non-hydrogen) atoms. The number of hydrogen-bond acceptors (Lipinski definition) is 4. The van der Waals surface area contributed by atoms with Crippen molar-refractivity contribution in [3.05, 3.63) is 59.1 Å². The maximum atomic E-state index is 13.4. The Morgan fingerprint density at radius 1 is 1.17 bits per heavy atom. The first-order valence-corrected chi connectivity index (χ1v) is 8.09. The number of thioether (sulfide) groups is 1. The van der Waals surface area contributed by atoms with Gasteiger partial charge in [-0.15, -0.1) is 11.8 Å². The van der Waals surface area contributed by atoms with Gasteiger partial charge in [0.15, 0.2) is 6.61 Å². The predicted octanol–water partition coefficient (Wildman–Crippen LogP) is 3.89. The molecule has 0 saturated carbocycles. The zero-order valence-corrected chi connectivity index (χ0v) is 13.8. The van der Waals surface area contributed by atoms with Gasteiger partial charge >= 0.3 is 5.97 Å². The van der Waals surface area contributed by atoms with Crippen LogP contribution in [0, 0.1) is 11.6 Å². The van der Waals surface area contributed by atoms with Crippen LogP contribution in [0.15, 0.2) is 47.4 Å². The lowest BCUT2D eigenvalue weighted by Gasteiger charge is -2.07. The lowest BCUT2D eigenvalue weighted by molar-refractivity contribution is -0.144. The van der Waals surface area contributed by atoms with Crippen LogP contribution in [0.5, 0.6) is 0 Å². The first-order valence-electron chi connectivity index (χ1n) is 6.73. The van der Waals surface area contributed by atoms with Crippen molar-refractivity contribution in [2.75, 3.05) is 17.7 Å². The quantitative estimate of drug-likeness (QED) is 0.618. The molecular formula is C16H12ClF2NO3S. The van der Waals surface area contributed by atoms with Crippen molar-refractivity contribution in [1.29, 1.82) is 0 Å². The van der Waals surface area contributed by atoms with Gasteiger partial charge in [0.2, 0.25) is 0 Å². The van der Waals surface area contributed by atoms with Gasteiger partial charge in [-0.05, 0) is 36.4 Å². The van der Waals surface area contributed by atoms with Gasteiger partial charge in [-0.2, -0.15) is 0 Å². The summed E-state index contributed by atoms with van der Waals surface area (Å²) in [6, 6.07) is 9.44. The molecule has 0 radical (unpaired) electrons. The number of hydrogen-bond donors (Lipinski definition) is 1. The minimum atomic E-state index is -0.718. The molecule has 2 aromatic carbocycles. The van der Waals surface area contributed by atoms with Crippen LogP contribution in [-0.2, 0) is 14.3 Å². The monoisotopic (exact) mass is 371 g/mol. The summed E-state index contributed by atoms with van der Waals surface area (Å²) < 4.78 is 31.2. The third-order valence-corrected chi connectivity index (χ3v) is 3.95. The average molecular weight is 372 g/mol. The summed E-state index contributed by atoms with van der Waals surface area (Å²) in [4.78, 5) is 23.2. The highest BCUT2D eigenvalue weighted by atomic mass is 35.5. The topological polar surface area (TPSA) is 55.4 Å². The number of nitrogens with one attached hydrogen (secondary N) is 1. The van der Waals surface area contributed by atoms with Crippen molar-refractivity contribution < 1.29 is 23.1 Å². The van der Waals surface area contributed by atoms with E-state index < -0.39 is 30.1 Å². The van der Waals surface area contributed by atoms with Crippen molar-refractivity contribution in [1.82, 2.24) is 0 Å². The van der Waals surface area contributed by atoms with Crippen molar-refractivity contribution in [3.63, 3.8) is 0 Å². The molecule has 2 rings (SSSR count). The van der Waals surface area contributed by atoms with E-state index in [1.807, 2.05) is 0 Å². The molecule has 1 N–H and O–H groups in total. The Labute approximate surface area is 146 Å². The van der Waals surface area contributed by atoms with E-state index in [1.165, 1.54) is 0 Å². The number of amides is 1. The van der Waals surface area contributed by atoms with E-state index in [0.717, 1.165) is 30.0 Å². The minimum Gasteiger partial charge on any atom is -0.455 e. The zero-order chi connectivity index (χ0) is 17.5. The fourth-order valence-electron chi connectivity index (χ4n) is 1.68. The summed E-state index contributed by atoms with van der Waals surface area (Å²) in [6.45, 7) is -0.489. The molecule has 0 aliphatic rings. The predicted molar refractivity (Wildman–Crippen MR) is 88.1 cm³/mol. The molecule has 0 aromatic heterocycles. The van der Waals surface area contributed by atoms with Crippen molar-refractivity contribution in [3.8, 4) is 0 Å². The Bertz CT molecular complexity index is 758. The SMILES string of the molecule is O=C(COC(=O)CSc1cc(F)ccc1F)Nc1cccc(Cl)c1. The van der Waals surface area contributed by atoms with Crippen LogP contribution in [0.2, 0.25) is 5.02 Å². The van der Waals surface area contributed by atoms with E-state index in [4.69, 9.17) is 16.3 Å². The molecule has 0 spiro atoms. The smallest absolute Gasteiger partial charge is 0.316 e. The second-order valence-corrected chi connectivity index (χ2v) is 6.04. The van der Waals surface area contributed by atoms with E-state index in [9.17, 15) is 18.4 Å². The van der Waals surface area contributed by atoms with Crippen LogP contribution in [0.3, 0.4) is 0 Å². The number of halogens is 3. The summed E-state index contributed by atoms with van der Waals surface area (Å²) in [5.74, 6) is -2.73. The maximum absolute atomic E-state index is 13.4. The number of anilines is 1. The molecule has 2 aromatic rings. The highest BCUT2D eigenvalue weighted by Crippen LogP contribution is 2.22. The van der Waals surface area contributed by atoms with Gasteiger partial charge in [-0.3, -0.25) is 9.59 Å². The molecule has 0 bridgehead atoms. The number of ether oxygens (including phenoxy) is 1. The van der Waals surface area contributed by atoms with E-state index in [0.29, 0.717) is 10.7 Å². The summed E-state index contributed by atoms with van der Waals surface area (Å²) >= 11 is 6.57. The summed E-state index contributed by atoms with van der Waals surface area (Å²) in [6.07, 6.45) is 0. The van der Waals surface area contributed by atoms with Gasteiger partial charge in [0.25, 0.3) is 5.91 Å². The van der Waals surface area contributed by atoms with E-state index >= 15 is 0 Å². The highest BCUT2D eigenvalue weighted by Gasteiger charge is 2.11. The second kappa shape index (κ2) is 8.65. The van der Waals surface area contributed by atoms with Crippen LogP contribution in [0.1, 0.15) is 0 Å². The minimum absolute atomic E-state index is 0.00433. The van der Waals surface area contributed by atoms with Crippen LogP contribution in [-0.4, -0.2) is 24.2 Å². The third-order valence-electron chi connectivity index (χ3n) is 2.71. The molecule has 0 aliphatic carbocycles. The largest absolute Gasteiger partial charge is 0.455 e. The van der Waals surface area contributed by atoms with Crippen molar-refractivity contribution in [2.24, 2.45) is 0 Å². The van der Waals surface area contributed by atoms with Crippen LogP contribution in [0.4, 0.5) is 14.5 Å². The molecule has 0 atom stereocenters. The molecule has 0 fully saturated rings. The molecule has 0 heterocycles. The van der Waals surface area contributed by atoms with Crippen LogP contribution < -0.4 is 5.32 Å². The standard InChI is InChI=1S/C16H12ClF2NO3S/c17-10-2-1-3-12(6-10)20-15(21)8-23-16(22)9-24-14-7-11(18)4-5-13(14)19/h1-7H,8-9H2,(H,20,21). The Balaban J connectivity index is 1.76. The number of carbonyl (C=O) groups excluding carboxylic acids is 2. The Morgan fingerprint density at radius 2 is 1.96 bits per heavy atom. The lowest BCUT2D eigenvalue weighted by Crippen LogP contribution is -2.21. The Kier molecular flexibility index (Phi) is 6.57. The fourth-order valence-corrected chi connectivity index (χ4v) is 2.62. The van der Waals surface area contributed by atoms with Gasteiger partial charge in [0, 0.05) is 15.6 Å². The summed E-state index contributed by atoms with van der Waals surface area (Å²) in [5.41, 5.74) is 0.472. The molecule has 0 unspecified atom stereocenters. The lowest BCUT2D eigenvalue weighted by atomic mass is 10.3. The van der Waals surface area contributed by atoms with Crippen LogP contribution in [0.25, 0.3) is 0 Å². The first kappa shape index (κ1) is 18.2. The van der Waals surface area contributed by atoms with Gasteiger partial charge in [0.05, 0.1) is 5.75 Å². The maximum Gasteiger partial charge on any atom is 0.316 e. The van der Waals surface area contributed by atoms with E-state index in [2.05, 4.69) is 5.32 Å². The molecule has 4 nitrogen and oxygen atoms in total. The average Bonchev–Trinajstić information content (AvgIpc) is 2.54. The van der Waals surface area contributed by atoms with Crippen molar-refractivity contribution in [2.45, 2.75) is 4.90 Å². The van der Waals surface area contributed by atoms with Gasteiger partial charge in [-0.25, -0.2) is 8.78 Å². The molecule has 0 aliphatic heterocycles. The van der Waals surface area contributed by atoms with E-state index in [1.54, 1.807) is 24.3 Å². The van der Waals surface area contributed by atoms with E-state index in [-0.39, 0.29) is 10.6 Å². The molecule has 8 heteroatoms. The highest BCUT2D eigenvalue weighted by molar-refractivity contribution is 8.00. The third kappa shape index (κ3) is 5.82. The van der Waals surface area contributed by atoms with Gasteiger partial charge in [0.1, 0.15) is 11.6 Å². The number of carbonyl (C=O) groups is 2. The van der Waals surface area contributed by atoms with Gasteiger partial charge < -0.3 is 10.1 Å². The molecular weight excluding hydrogens is 360 g/mol. The Morgan fingerprint density at radius 3 is 2.71 bits per heavy atom. The second-order valence-electron chi connectivity index (χ2n) is 4.58. The first-order chi connectivity index (χ1) is 11.4. The molecule has 1 amide bonds. The summed E-state index contributed by atoms with van der Waals surface area (Å²) in [5, 5.41) is 2.97. The number of rotatable bonds is 6. The summed E-state index contributed by atoms with van der Waals surface area (Å²) in [7, 11) is 0.